The first-order valence-electron chi connectivity index (χ1n) is 4.70. The van der Waals surface area contributed by atoms with Crippen molar-refractivity contribution in [3.8, 4) is 0 Å². The van der Waals surface area contributed by atoms with E-state index in [1.54, 1.807) is 16.8 Å². The predicted octanol–water partition coefficient (Wildman–Crippen LogP) is 2.92. The highest BCUT2D eigenvalue weighted by atomic mass is 35.5. The van der Waals surface area contributed by atoms with Gasteiger partial charge in [0.15, 0.2) is 5.82 Å². The van der Waals surface area contributed by atoms with Gasteiger partial charge in [0.25, 0.3) is 10.0 Å². The van der Waals surface area contributed by atoms with Gasteiger partial charge in [0, 0.05) is 10.4 Å². The Morgan fingerprint density at radius 3 is 2.72 bits per heavy atom. The minimum Gasteiger partial charge on any atom is -0.396 e. The van der Waals surface area contributed by atoms with E-state index in [9.17, 15) is 12.8 Å². The van der Waals surface area contributed by atoms with E-state index in [1.807, 2.05) is 0 Å². The van der Waals surface area contributed by atoms with Gasteiger partial charge in [-0.1, -0.05) is 11.6 Å². The number of halogens is 2. The van der Waals surface area contributed by atoms with Crippen LogP contribution in [0.15, 0.2) is 33.9 Å². The van der Waals surface area contributed by atoms with Crippen molar-refractivity contribution in [1.82, 2.24) is 0 Å². The van der Waals surface area contributed by atoms with Crippen molar-refractivity contribution in [2.75, 3.05) is 10.5 Å². The lowest BCUT2D eigenvalue weighted by atomic mass is 10.3. The van der Waals surface area contributed by atoms with Gasteiger partial charge in [-0.2, -0.15) is 11.3 Å². The van der Waals surface area contributed by atoms with Crippen molar-refractivity contribution in [1.29, 1.82) is 0 Å². The third-order valence-corrected chi connectivity index (χ3v) is 4.38. The molecule has 1 aromatic heterocycles. The van der Waals surface area contributed by atoms with Crippen LogP contribution in [0, 0.1) is 5.82 Å². The quantitative estimate of drug-likeness (QED) is 0.856. The van der Waals surface area contributed by atoms with Gasteiger partial charge in [0.2, 0.25) is 0 Å². The largest absolute Gasteiger partial charge is 0.396 e. The zero-order valence-electron chi connectivity index (χ0n) is 8.85. The molecule has 2 rings (SSSR count). The number of nitrogens with two attached hydrogens (primary N) is 1. The zero-order valence-corrected chi connectivity index (χ0v) is 11.2. The van der Waals surface area contributed by atoms with Crippen molar-refractivity contribution in [3.05, 3.63) is 39.8 Å². The lowest BCUT2D eigenvalue weighted by Gasteiger charge is -2.09. The number of rotatable bonds is 3. The van der Waals surface area contributed by atoms with E-state index in [4.69, 9.17) is 17.3 Å². The number of sulfonamides is 1. The second kappa shape index (κ2) is 4.75. The van der Waals surface area contributed by atoms with Crippen LogP contribution in [0.3, 0.4) is 0 Å². The molecule has 0 bridgehead atoms. The van der Waals surface area contributed by atoms with E-state index < -0.39 is 20.7 Å². The molecule has 0 atom stereocenters. The smallest absolute Gasteiger partial charge is 0.264 e. The van der Waals surface area contributed by atoms with Crippen LogP contribution in [-0.2, 0) is 10.0 Å². The highest BCUT2D eigenvalue weighted by Gasteiger charge is 2.22. The van der Waals surface area contributed by atoms with Gasteiger partial charge in [-0.25, -0.2) is 12.8 Å². The van der Waals surface area contributed by atoms with Gasteiger partial charge >= 0.3 is 0 Å². The SMILES string of the molecule is Nc1cc(Cl)cc(S(=O)(=O)Nc2ccsc2)c1F. The fraction of sp³-hybridized carbons (Fsp3) is 0. The molecule has 1 heterocycles. The number of thiophene rings is 1. The molecule has 8 heteroatoms. The molecule has 3 N–H and O–H groups in total. The van der Waals surface area contributed by atoms with Crippen molar-refractivity contribution in [2.24, 2.45) is 0 Å². The minimum absolute atomic E-state index is 0.0552. The van der Waals surface area contributed by atoms with Crippen molar-refractivity contribution in [3.63, 3.8) is 0 Å². The molecular weight excluding hydrogens is 299 g/mol. The predicted molar refractivity (Wildman–Crippen MR) is 70.9 cm³/mol. The first-order valence-corrected chi connectivity index (χ1v) is 7.50. The topological polar surface area (TPSA) is 72.2 Å². The average molecular weight is 307 g/mol. The molecule has 0 spiro atoms. The highest BCUT2D eigenvalue weighted by molar-refractivity contribution is 7.92. The van der Waals surface area contributed by atoms with Crippen LogP contribution in [0.25, 0.3) is 0 Å². The van der Waals surface area contributed by atoms with E-state index in [-0.39, 0.29) is 10.7 Å². The molecule has 4 nitrogen and oxygen atoms in total. The van der Waals surface area contributed by atoms with Crippen LogP contribution in [0.1, 0.15) is 0 Å². The molecular formula is C10H8ClFN2O2S2. The second-order valence-electron chi connectivity index (χ2n) is 3.42. The molecule has 0 fully saturated rings. The summed E-state index contributed by atoms with van der Waals surface area (Å²) in [7, 11) is -4.04. The van der Waals surface area contributed by atoms with E-state index in [2.05, 4.69) is 4.72 Å². The maximum atomic E-state index is 13.7. The summed E-state index contributed by atoms with van der Waals surface area (Å²) in [5.74, 6) is -1.01. The van der Waals surface area contributed by atoms with Gasteiger partial charge in [-0.15, -0.1) is 0 Å². The molecule has 1 aromatic carbocycles. The lowest BCUT2D eigenvalue weighted by molar-refractivity contribution is 0.573. The van der Waals surface area contributed by atoms with E-state index in [0.29, 0.717) is 5.69 Å². The summed E-state index contributed by atoms with van der Waals surface area (Å²) in [5, 5.41) is 3.34. The average Bonchev–Trinajstić information content (AvgIpc) is 2.75. The molecule has 2 aromatic rings. The van der Waals surface area contributed by atoms with Crippen molar-refractivity contribution >= 4 is 44.3 Å². The van der Waals surface area contributed by atoms with E-state index >= 15 is 0 Å². The Balaban J connectivity index is 2.48. The standard InChI is InChI=1S/C10H8ClFN2O2S2/c11-6-3-8(13)10(12)9(4-6)18(15,16)14-7-1-2-17-5-7/h1-5,14H,13H2. The number of hydrogen-bond acceptors (Lipinski definition) is 4. The Bertz CT molecular complexity index is 671. The molecule has 0 aliphatic carbocycles. The maximum absolute atomic E-state index is 13.7. The molecule has 96 valence electrons. The van der Waals surface area contributed by atoms with Gasteiger partial charge < -0.3 is 5.73 Å². The lowest BCUT2D eigenvalue weighted by Crippen LogP contribution is -2.15. The van der Waals surface area contributed by atoms with Crippen LogP contribution in [0.4, 0.5) is 15.8 Å². The van der Waals surface area contributed by atoms with Crippen LogP contribution >= 0.6 is 22.9 Å². The fourth-order valence-electron chi connectivity index (χ4n) is 1.31. The number of anilines is 2. The Morgan fingerprint density at radius 1 is 1.39 bits per heavy atom. The third kappa shape index (κ3) is 2.58. The summed E-state index contributed by atoms with van der Waals surface area (Å²) in [6.07, 6.45) is 0. The maximum Gasteiger partial charge on any atom is 0.264 e. The molecule has 0 unspecified atom stereocenters. The Labute approximate surface area is 112 Å². The van der Waals surface area contributed by atoms with E-state index in [1.165, 1.54) is 11.3 Å². The third-order valence-electron chi connectivity index (χ3n) is 2.10. The summed E-state index contributed by atoms with van der Waals surface area (Å²) < 4.78 is 39.9. The second-order valence-corrected chi connectivity index (χ2v) is 6.29. The summed E-state index contributed by atoms with van der Waals surface area (Å²) >= 11 is 6.99. The molecule has 0 radical (unpaired) electrons. The number of nitrogen functional groups attached to an aromatic ring is 1. The number of benzene rings is 1. The Hall–Kier alpha value is -1.31. The van der Waals surface area contributed by atoms with Gasteiger partial charge in [0.1, 0.15) is 4.90 Å². The normalized spacial score (nSPS) is 11.4. The van der Waals surface area contributed by atoms with Crippen molar-refractivity contribution < 1.29 is 12.8 Å². The number of nitrogens with one attached hydrogen (secondary N) is 1. The van der Waals surface area contributed by atoms with Gasteiger partial charge in [-0.05, 0) is 23.6 Å². The molecule has 0 aliphatic rings. The monoisotopic (exact) mass is 306 g/mol. The van der Waals surface area contributed by atoms with Gasteiger partial charge in [-0.3, -0.25) is 4.72 Å². The minimum atomic E-state index is -4.04. The fourth-order valence-corrected chi connectivity index (χ4v) is 3.45. The van der Waals surface area contributed by atoms with Crippen molar-refractivity contribution in [2.45, 2.75) is 4.90 Å². The van der Waals surface area contributed by atoms with Crippen LogP contribution in [-0.4, -0.2) is 8.42 Å². The summed E-state index contributed by atoms with van der Waals surface area (Å²) in [6.45, 7) is 0. The van der Waals surface area contributed by atoms with Crippen LogP contribution in [0.2, 0.25) is 5.02 Å². The summed E-state index contributed by atoms with van der Waals surface area (Å²) in [4.78, 5) is -0.571. The first-order chi connectivity index (χ1) is 8.40. The summed E-state index contributed by atoms with van der Waals surface area (Å²) in [6, 6.07) is 3.73. The molecule has 0 aliphatic heterocycles. The first kappa shape index (κ1) is 13.1. The van der Waals surface area contributed by atoms with Crippen LogP contribution < -0.4 is 10.5 Å². The number of hydrogen-bond donors (Lipinski definition) is 2. The Kier molecular flexibility index (Phi) is 3.47. The molecule has 0 amide bonds. The molecule has 0 saturated heterocycles. The zero-order chi connectivity index (χ0) is 13.3. The highest BCUT2D eigenvalue weighted by Crippen LogP contribution is 2.27. The van der Waals surface area contributed by atoms with Crippen LogP contribution in [0.5, 0.6) is 0 Å². The summed E-state index contributed by atoms with van der Waals surface area (Å²) in [5.41, 5.74) is 5.39. The van der Waals surface area contributed by atoms with E-state index in [0.717, 1.165) is 12.1 Å². The van der Waals surface area contributed by atoms with Gasteiger partial charge in [0.05, 0.1) is 11.4 Å². The molecule has 0 saturated carbocycles. The molecule has 18 heavy (non-hydrogen) atoms. The Morgan fingerprint density at radius 2 is 2.11 bits per heavy atom.